The number of ether oxygens (including phenoxy) is 1. The molecule has 0 aromatic heterocycles. The van der Waals surface area contributed by atoms with Crippen molar-refractivity contribution < 1.29 is 22.3 Å². The number of hydrogen-bond acceptors (Lipinski definition) is 5. The molecular formula is C23H27ClFN3O4S. The number of methoxy groups -OCH3 is 1. The van der Waals surface area contributed by atoms with Gasteiger partial charge in [0.25, 0.3) is 0 Å². The van der Waals surface area contributed by atoms with Crippen molar-refractivity contribution in [2.45, 2.75) is 17.7 Å². The molecule has 1 amide bonds. The number of amides is 1. The van der Waals surface area contributed by atoms with Crippen LogP contribution in [0.4, 0.5) is 10.1 Å². The molecule has 2 saturated heterocycles. The summed E-state index contributed by atoms with van der Waals surface area (Å²) in [5.41, 5.74) is 0.555. The first kappa shape index (κ1) is 23.8. The first-order valence-corrected chi connectivity index (χ1v) is 12.7. The van der Waals surface area contributed by atoms with Crippen molar-refractivity contribution in [1.29, 1.82) is 0 Å². The van der Waals surface area contributed by atoms with Crippen LogP contribution in [0.25, 0.3) is 0 Å². The Morgan fingerprint density at radius 3 is 2.33 bits per heavy atom. The third kappa shape index (κ3) is 4.95. The molecule has 2 heterocycles. The van der Waals surface area contributed by atoms with Crippen molar-refractivity contribution in [3.63, 3.8) is 0 Å². The number of hydrogen-bond donors (Lipinski definition) is 0. The van der Waals surface area contributed by atoms with Crippen molar-refractivity contribution in [3.05, 3.63) is 53.3 Å². The number of halogens is 2. The quantitative estimate of drug-likeness (QED) is 0.637. The van der Waals surface area contributed by atoms with Gasteiger partial charge >= 0.3 is 0 Å². The van der Waals surface area contributed by atoms with Gasteiger partial charge < -0.3 is 14.5 Å². The summed E-state index contributed by atoms with van der Waals surface area (Å²) in [6.45, 7) is 2.67. The lowest BCUT2D eigenvalue weighted by Gasteiger charge is -2.39. The maximum absolute atomic E-state index is 14.1. The Morgan fingerprint density at radius 2 is 1.70 bits per heavy atom. The zero-order chi connectivity index (χ0) is 23.6. The van der Waals surface area contributed by atoms with Crippen LogP contribution in [0.2, 0.25) is 5.02 Å². The van der Waals surface area contributed by atoms with Crippen LogP contribution in [0.15, 0.2) is 47.4 Å². The zero-order valence-electron chi connectivity index (χ0n) is 18.4. The van der Waals surface area contributed by atoms with Crippen molar-refractivity contribution in [2.24, 2.45) is 5.92 Å². The van der Waals surface area contributed by atoms with Crippen molar-refractivity contribution in [3.8, 4) is 5.75 Å². The summed E-state index contributed by atoms with van der Waals surface area (Å²) < 4.78 is 47.0. The molecule has 0 unspecified atom stereocenters. The molecule has 0 bridgehead atoms. The van der Waals surface area contributed by atoms with E-state index in [1.54, 1.807) is 24.3 Å². The lowest BCUT2D eigenvalue weighted by Crippen LogP contribution is -2.52. The maximum Gasteiger partial charge on any atom is 0.246 e. The summed E-state index contributed by atoms with van der Waals surface area (Å²) in [6, 6.07) is 11.2. The molecule has 2 fully saturated rings. The smallest absolute Gasteiger partial charge is 0.246 e. The van der Waals surface area contributed by atoms with E-state index in [2.05, 4.69) is 0 Å². The molecule has 0 N–H and O–H groups in total. The molecule has 10 heteroatoms. The number of anilines is 1. The highest BCUT2D eigenvalue weighted by Gasteiger charge is 2.36. The fraction of sp³-hybridized carbons (Fsp3) is 0.435. The standard InChI is InChI=1S/C23H27ClFN3O4S/c1-32-21-7-6-18(24)16-22(21)33(30,31)28-10-8-17(9-11-28)23(29)27-14-12-26(13-15-27)20-5-3-2-4-19(20)25/h2-7,16-17H,8-15H2,1H3. The first-order valence-electron chi connectivity index (χ1n) is 10.9. The molecule has 0 spiro atoms. The normalized spacial score (nSPS) is 18.4. The predicted molar refractivity (Wildman–Crippen MR) is 125 cm³/mol. The summed E-state index contributed by atoms with van der Waals surface area (Å²) in [4.78, 5) is 16.9. The summed E-state index contributed by atoms with van der Waals surface area (Å²) in [7, 11) is -2.37. The van der Waals surface area contributed by atoms with Gasteiger partial charge in [0.05, 0.1) is 12.8 Å². The molecule has 178 valence electrons. The van der Waals surface area contributed by atoms with Crippen LogP contribution in [0.5, 0.6) is 5.75 Å². The van der Waals surface area contributed by atoms with Crippen LogP contribution in [0, 0.1) is 11.7 Å². The van der Waals surface area contributed by atoms with E-state index in [1.807, 2.05) is 9.80 Å². The molecule has 0 radical (unpaired) electrons. The van der Waals surface area contributed by atoms with Gasteiger partial charge in [-0.2, -0.15) is 4.31 Å². The van der Waals surface area contributed by atoms with E-state index < -0.39 is 10.0 Å². The van der Waals surface area contributed by atoms with E-state index in [9.17, 15) is 17.6 Å². The number of nitrogens with zero attached hydrogens (tertiary/aromatic N) is 3. The first-order chi connectivity index (χ1) is 15.8. The van der Waals surface area contributed by atoms with E-state index in [4.69, 9.17) is 16.3 Å². The third-order valence-electron chi connectivity index (χ3n) is 6.33. The van der Waals surface area contributed by atoms with Crippen LogP contribution < -0.4 is 9.64 Å². The minimum atomic E-state index is -3.79. The largest absolute Gasteiger partial charge is 0.495 e. The van der Waals surface area contributed by atoms with Crippen LogP contribution in [0.3, 0.4) is 0 Å². The highest BCUT2D eigenvalue weighted by molar-refractivity contribution is 7.89. The van der Waals surface area contributed by atoms with Crippen LogP contribution in [0.1, 0.15) is 12.8 Å². The van der Waals surface area contributed by atoms with E-state index in [1.165, 1.54) is 29.6 Å². The van der Waals surface area contributed by atoms with E-state index in [0.717, 1.165) is 0 Å². The molecule has 2 aliphatic heterocycles. The van der Waals surface area contributed by atoms with Crippen LogP contribution in [-0.2, 0) is 14.8 Å². The van der Waals surface area contributed by atoms with E-state index in [0.29, 0.717) is 49.7 Å². The van der Waals surface area contributed by atoms with Gasteiger partial charge in [0.15, 0.2) is 0 Å². The number of benzene rings is 2. The summed E-state index contributed by atoms with van der Waals surface area (Å²) >= 11 is 6.01. The number of carbonyl (C=O) groups excluding carboxylic acids is 1. The molecular weight excluding hydrogens is 469 g/mol. The third-order valence-corrected chi connectivity index (χ3v) is 8.49. The Bertz CT molecular complexity index is 1110. The lowest BCUT2D eigenvalue weighted by molar-refractivity contribution is -0.137. The number of piperidine rings is 1. The van der Waals surface area contributed by atoms with Gasteiger partial charge in [0.2, 0.25) is 15.9 Å². The van der Waals surface area contributed by atoms with Gasteiger partial charge in [-0.1, -0.05) is 23.7 Å². The summed E-state index contributed by atoms with van der Waals surface area (Å²) in [5.74, 6) is -0.203. The number of sulfonamides is 1. The van der Waals surface area contributed by atoms with Gasteiger partial charge in [-0.05, 0) is 43.2 Å². The summed E-state index contributed by atoms with van der Waals surface area (Å²) in [5, 5.41) is 0.314. The average Bonchev–Trinajstić information content (AvgIpc) is 2.84. The second-order valence-electron chi connectivity index (χ2n) is 8.24. The highest BCUT2D eigenvalue weighted by Crippen LogP contribution is 2.32. The van der Waals surface area contributed by atoms with E-state index in [-0.39, 0.29) is 41.4 Å². The Labute approximate surface area is 198 Å². The summed E-state index contributed by atoms with van der Waals surface area (Å²) in [6.07, 6.45) is 0.906. The Balaban J connectivity index is 1.35. The molecule has 2 aliphatic rings. The van der Waals surface area contributed by atoms with Crippen LogP contribution >= 0.6 is 11.6 Å². The fourth-order valence-electron chi connectivity index (χ4n) is 4.47. The molecule has 0 atom stereocenters. The number of rotatable bonds is 5. The number of piperazine rings is 1. The molecule has 2 aromatic rings. The number of carbonyl (C=O) groups is 1. The van der Waals surface area contributed by atoms with Gasteiger partial charge in [-0.3, -0.25) is 4.79 Å². The van der Waals surface area contributed by atoms with Crippen molar-refractivity contribution in [2.75, 3.05) is 51.3 Å². The minimum Gasteiger partial charge on any atom is -0.495 e. The van der Waals surface area contributed by atoms with Crippen LogP contribution in [-0.4, -0.2) is 69.9 Å². The molecule has 4 rings (SSSR count). The maximum atomic E-state index is 14.1. The molecule has 2 aromatic carbocycles. The lowest BCUT2D eigenvalue weighted by atomic mass is 9.96. The van der Waals surface area contributed by atoms with Gasteiger partial charge in [0, 0.05) is 50.2 Å². The second kappa shape index (κ2) is 9.87. The van der Waals surface area contributed by atoms with Gasteiger partial charge in [-0.15, -0.1) is 0 Å². The zero-order valence-corrected chi connectivity index (χ0v) is 20.0. The van der Waals surface area contributed by atoms with Crippen molar-refractivity contribution in [1.82, 2.24) is 9.21 Å². The molecule has 7 nitrogen and oxygen atoms in total. The fourth-order valence-corrected chi connectivity index (χ4v) is 6.36. The minimum absolute atomic E-state index is 0.0338. The second-order valence-corrected chi connectivity index (χ2v) is 10.6. The Kier molecular flexibility index (Phi) is 7.11. The highest BCUT2D eigenvalue weighted by atomic mass is 35.5. The van der Waals surface area contributed by atoms with Gasteiger partial charge in [-0.25, -0.2) is 12.8 Å². The van der Waals surface area contributed by atoms with Gasteiger partial charge in [0.1, 0.15) is 16.5 Å². The molecule has 0 aliphatic carbocycles. The number of para-hydroxylation sites is 1. The monoisotopic (exact) mass is 495 g/mol. The van der Waals surface area contributed by atoms with E-state index >= 15 is 0 Å². The SMILES string of the molecule is COc1ccc(Cl)cc1S(=O)(=O)N1CCC(C(=O)N2CCN(c3ccccc3F)CC2)CC1. The topological polar surface area (TPSA) is 70.2 Å². The molecule has 33 heavy (non-hydrogen) atoms. The average molecular weight is 496 g/mol. The Morgan fingerprint density at radius 1 is 1.03 bits per heavy atom. The molecule has 0 saturated carbocycles. The predicted octanol–water partition coefficient (Wildman–Crippen LogP) is 3.24. The Hall–Kier alpha value is -2.36. The van der Waals surface area contributed by atoms with Crippen molar-refractivity contribution >= 4 is 33.2 Å².